The number of carbonyl (C=O) groups is 1. The van der Waals surface area contributed by atoms with E-state index in [0.29, 0.717) is 6.61 Å². The summed E-state index contributed by atoms with van der Waals surface area (Å²) < 4.78 is 10.1. The van der Waals surface area contributed by atoms with Crippen molar-refractivity contribution in [2.24, 2.45) is 0 Å². The Morgan fingerprint density at radius 1 is 1.17 bits per heavy atom. The van der Waals surface area contributed by atoms with E-state index in [2.05, 4.69) is 0 Å². The number of aliphatic hydroxyl groups is 3. The first-order chi connectivity index (χ1) is 8.49. The summed E-state index contributed by atoms with van der Waals surface area (Å²) in [6.45, 7) is 2.32. The number of unbranched alkanes of at least 4 members (excludes halogenated alkanes) is 2. The summed E-state index contributed by atoms with van der Waals surface area (Å²) in [5.74, 6) is -1.41. The SMILES string of the molecule is CCCCCO[C@@H]1O[C@H](C(=O)O)[C@@H](O)[C@H](O)[C@H]1O. The standard InChI is InChI=1S/C11H20O7/c1-2-3-4-5-17-11-8(14)6(12)7(13)9(18-11)10(15)16/h6-9,11-14H,2-5H2,1H3,(H,15,16)/t6-,7-,8+,9-,11+/m0/s1. The van der Waals surface area contributed by atoms with Crippen LogP contribution in [0.4, 0.5) is 0 Å². The van der Waals surface area contributed by atoms with Gasteiger partial charge in [0, 0.05) is 6.61 Å². The maximum atomic E-state index is 10.8. The number of rotatable bonds is 6. The van der Waals surface area contributed by atoms with E-state index in [1.165, 1.54) is 0 Å². The largest absolute Gasteiger partial charge is 0.479 e. The molecule has 0 aromatic carbocycles. The molecule has 0 amide bonds. The molecule has 0 unspecified atom stereocenters. The highest BCUT2D eigenvalue weighted by Crippen LogP contribution is 2.22. The van der Waals surface area contributed by atoms with Crippen LogP contribution >= 0.6 is 0 Å². The van der Waals surface area contributed by atoms with Crippen LogP contribution < -0.4 is 0 Å². The minimum absolute atomic E-state index is 0.296. The molecule has 1 fully saturated rings. The van der Waals surface area contributed by atoms with E-state index >= 15 is 0 Å². The summed E-state index contributed by atoms with van der Waals surface area (Å²) >= 11 is 0. The zero-order chi connectivity index (χ0) is 13.7. The van der Waals surface area contributed by atoms with E-state index in [4.69, 9.17) is 14.6 Å². The highest BCUT2D eigenvalue weighted by atomic mass is 16.7. The Morgan fingerprint density at radius 2 is 1.83 bits per heavy atom. The molecule has 0 spiro atoms. The van der Waals surface area contributed by atoms with Crippen molar-refractivity contribution >= 4 is 5.97 Å². The number of aliphatic hydroxyl groups excluding tert-OH is 3. The van der Waals surface area contributed by atoms with Crippen LogP contribution in [0.1, 0.15) is 26.2 Å². The molecule has 106 valence electrons. The molecule has 1 saturated heterocycles. The number of ether oxygens (including phenoxy) is 2. The van der Waals surface area contributed by atoms with Crippen molar-refractivity contribution in [3.63, 3.8) is 0 Å². The topological polar surface area (TPSA) is 116 Å². The van der Waals surface area contributed by atoms with E-state index in [1.54, 1.807) is 0 Å². The molecule has 0 aromatic heterocycles. The highest BCUT2D eigenvalue weighted by molar-refractivity contribution is 5.73. The predicted octanol–water partition coefficient (Wildman–Crippen LogP) is -0.915. The minimum Gasteiger partial charge on any atom is -0.479 e. The van der Waals surface area contributed by atoms with Gasteiger partial charge in [0.2, 0.25) is 0 Å². The van der Waals surface area contributed by atoms with Crippen molar-refractivity contribution in [3.05, 3.63) is 0 Å². The zero-order valence-electron chi connectivity index (χ0n) is 10.2. The quantitative estimate of drug-likeness (QED) is 0.459. The molecule has 4 N–H and O–H groups in total. The first-order valence-corrected chi connectivity index (χ1v) is 6.03. The molecule has 1 aliphatic heterocycles. The molecule has 1 rings (SSSR count). The van der Waals surface area contributed by atoms with Crippen LogP contribution in [0.25, 0.3) is 0 Å². The van der Waals surface area contributed by atoms with Crippen molar-refractivity contribution in [3.8, 4) is 0 Å². The maximum absolute atomic E-state index is 10.8. The van der Waals surface area contributed by atoms with E-state index < -0.39 is 36.7 Å². The van der Waals surface area contributed by atoms with E-state index in [-0.39, 0.29) is 0 Å². The molecule has 7 nitrogen and oxygen atoms in total. The number of carboxylic acid groups (broad SMARTS) is 1. The monoisotopic (exact) mass is 264 g/mol. The Labute approximate surface area is 105 Å². The first-order valence-electron chi connectivity index (χ1n) is 6.03. The summed E-state index contributed by atoms with van der Waals surface area (Å²) in [6, 6.07) is 0. The second-order valence-electron chi connectivity index (χ2n) is 4.31. The Kier molecular flexibility index (Phi) is 5.97. The second-order valence-corrected chi connectivity index (χ2v) is 4.31. The fourth-order valence-corrected chi connectivity index (χ4v) is 1.74. The number of carboxylic acids is 1. The van der Waals surface area contributed by atoms with Crippen molar-refractivity contribution < 1.29 is 34.7 Å². The fourth-order valence-electron chi connectivity index (χ4n) is 1.74. The molecule has 0 bridgehead atoms. The van der Waals surface area contributed by atoms with E-state index in [1.807, 2.05) is 6.92 Å². The Balaban J connectivity index is 2.53. The van der Waals surface area contributed by atoms with Gasteiger partial charge < -0.3 is 29.9 Å². The van der Waals surface area contributed by atoms with Crippen molar-refractivity contribution in [1.82, 2.24) is 0 Å². The Bertz CT molecular complexity index is 270. The molecule has 0 radical (unpaired) electrons. The van der Waals surface area contributed by atoms with E-state index in [0.717, 1.165) is 19.3 Å². The van der Waals surface area contributed by atoms with Crippen LogP contribution in [0.2, 0.25) is 0 Å². The average molecular weight is 264 g/mol. The molecular formula is C11H20O7. The van der Waals surface area contributed by atoms with Crippen LogP contribution in [0.3, 0.4) is 0 Å². The van der Waals surface area contributed by atoms with Gasteiger partial charge in [-0.1, -0.05) is 19.8 Å². The van der Waals surface area contributed by atoms with Crippen molar-refractivity contribution in [2.75, 3.05) is 6.61 Å². The lowest BCUT2D eigenvalue weighted by Gasteiger charge is -2.38. The summed E-state index contributed by atoms with van der Waals surface area (Å²) in [5, 5.41) is 37.4. The molecule has 0 saturated carbocycles. The lowest BCUT2D eigenvalue weighted by atomic mass is 9.99. The van der Waals surface area contributed by atoms with Crippen molar-refractivity contribution in [1.29, 1.82) is 0 Å². The van der Waals surface area contributed by atoms with E-state index in [9.17, 15) is 20.1 Å². The summed E-state index contributed by atoms with van der Waals surface area (Å²) in [4.78, 5) is 10.8. The van der Waals surface area contributed by atoms with Crippen LogP contribution in [-0.2, 0) is 14.3 Å². The van der Waals surface area contributed by atoms with Gasteiger partial charge in [0.25, 0.3) is 0 Å². The van der Waals surface area contributed by atoms with Gasteiger partial charge >= 0.3 is 5.97 Å². The van der Waals surface area contributed by atoms with Gasteiger partial charge in [0.05, 0.1) is 0 Å². The lowest BCUT2D eigenvalue weighted by molar-refractivity contribution is -0.294. The third-order valence-corrected chi connectivity index (χ3v) is 2.84. The predicted molar refractivity (Wildman–Crippen MR) is 59.8 cm³/mol. The van der Waals surface area contributed by atoms with Crippen LogP contribution in [0.15, 0.2) is 0 Å². The number of hydrogen-bond donors (Lipinski definition) is 4. The fraction of sp³-hybridized carbons (Fsp3) is 0.909. The van der Waals surface area contributed by atoms with Crippen LogP contribution in [-0.4, -0.2) is 63.7 Å². The molecule has 1 heterocycles. The molecule has 1 aliphatic rings. The van der Waals surface area contributed by atoms with Gasteiger partial charge in [-0.15, -0.1) is 0 Å². The van der Waals surface area contributed by atoms with Gasteiger partial charge in [-0.3, -0.25) is 0 Å². The molecule has 18 heavy (non-hydrogen) atoms. The van der Waals surface area contributed by atoms with Crippen molar-refractivity contribution in [2.45, 2.75) is 56.9 Å². The lowest BCUT2D eigenvalue weighted by Crippen LogP contribution is -2.60. The third-order valence-electron chi connectivity index (χ3n) is 2.84. The summed E-state index contributed by atoms with van der Waals surface area (Å²) in [5.41, 5.74) is 0. The normalized spacial score (nSPS) is 36.6. The maximum Gasteiger partial charge on any atom is 0.335 e. The van der Waals surface area contributed by atoms with Gasteiger partial charge in [0.15, 0.2) is 12.4 Å². The molecular weight excluding hydrogens is 244 g/mol. The molecule has 0 aliphatic carbocycles. The minimum atomic E-state index is -1.67. The Morgan fingerprint density at radius 3 is 2.39 bits per heavy atom. The first kappa shape index (κ1) is 15.3. The number of aliphatic carboxylic acids is 1. The zero-order valence-corrected chi connectivity index (χ0v) is 10.2. The highest BCUT2D eigenvalue weighted by Gasteiger charge is 2.47. The van der Waals surface area contributed by atoms with Gasteiger partial charge in [0.1, 0.15) is 18.3 Å². The average Bonchev–Trinajstić information content (AvgIpc) is 2.33. The summed E-state index contributed by atoms with van der Waals surface area (Å²) in [6.07, 6.45) is -4.88. The molecule has 5 atom stereocenters. The smallest absolute Gasteiger partial charge is 0.335 e. The summed E-state index contributed by atoms with van der Waals surface area (Å²) in [7, 11) is 0. The van der Waals surface area contributed by atoms with Crippen LogP contribution in [0.5, 0.6) is 0 Å². The second kappa shape index (κ2) is 7.01. The van der Waals surface area contributed by atoms with Gasteiger partial charge in [-0.25, -0.2) is 4.79 Å². The van der Waals surface area contributed by atoms with Gasteiger partial charge in [-0.2, -0.15) is 0 Å². The van der Waals surface area contributed by atoms with Gasteiger partial charge in [-0.05, 0) is 6.42 Å². The molecule has 0 aromatic rings. The van der Waals surface area contributed by atoms with Crippen LogP contribution in [0, 0.1) is 0 Å². The Hall–Kier alpha value is -0.730. The third kappa shape index (κ3) is 3.63. The molecule has 7 heteroatoms. The number of hydrogen-bond acceptors (Lipinski definition) is 6.